The number of carbonyl (C=O) groups is 3. The van der Waals surface area contributed by atoms with E-state index in [2.05, 4.69) is 24.5 Å². The highest BCUT2D eigenvalue weighted by Crippen LogP contribution is 2.27. The van der Waals surface area contributed by atoms with Crippen molar-refractivity contribution in [3.05, 3.63) is 47.5 Å². The van der Waals surface area contributed by atoms with Crippen molar-refractivity contribution in [3.8, 4) is 0 Å². The van der Waals surface area contributed by atoms with Gasteiger partial charge in [-0.2, -0.15) is 0 Å². The molecule has 2 aromatic carbocycles. The number of primary amides is 1. The Morgan fingerprint density at radius 3 is 2.19 bits per heavy atom. The second-order valence-electron chi connectivity index (χ2n) is 9.03. The van der Waals surface area contributed by atoms with Gasteiger partial charge in [-0.05, 0) is 47.9 Å². The predicted molar refractivity (Wildman–Crippen MR) is 124 cm³/mol. The summed E-state index contributed by atoms with van der Waals surface area (Å²) in [6.45, 7) is 9.97. The quantitative estimate of drug-likeness (QED) is 0.534. The largest absolute Gasteiger partial charge is 0.368 e. The smallest absolute Gasteiger partial charge is 0.252 e. The van der Waals surface area contributed by atoms with Gasteiger partial charge in [-0.1, -0.05) is 64.1 Å². The Kier molecular flexibility index (Phi) is 8.60. The summed E-state index contributed by atoms with van der Waals surface area (Å²) >= 11 is 0. The highest BCUT2D eigenvalue weighted by atomic mass is 16.2. The molecule has 2 atom stereocenters. The fourth-order valence-corrected chi connectivity index (χ4v) is 3.66. The summed E-state index contributed by atoms with van der Waals surface area (Å²) in [4.78, 5) is 37.6. The van der Waals surface area contributed by atoms with Crippen LogP contribution in [0.25, 0.3) is 10.8 Å². The van der Waals surface area contributed by atoms with Crippen LogP contribution in [0.1, 0.15) is 75.8 Å². The first-order valence-corrected chi connectivity index (χ1v) is 11.0. The fraction of sp³-hybridized carbons (Fsp3) is 0.480. The van der Waals surface area contributed by atoms with Crippen LogP contribution >= 0.6 is 0 Å². The molecule has 6 heteroatoms. The van der Waals surface area contributed by atoms with Crippen LogP contribution in [0.2, 0.25) is 0 Å². The standard InChI is InChI=1S/C25H35N3O3/c1-15(2)10-13-22(29)27-17(5)19-12-11-18-8-6-7-9-20(18)23(19)25(31)28-21(24(26)30)14-16(3)4/h6-9,11-12,15-17,21H,10,13-14H2,1-5H3,(H2,26,30)(H,27,29)(H,28,31)/t17-,21-/m0/s1. The predicted octanol–water partition coefficient (Wildman–Crippen LogP) is 4.08. The van der Waals surface area contributed by atoms with Crippen LogP contribution in [0.15, 0.2) is 36.4 Å². The molecule has 31 heavy (non-hydrogen) atoms. The van der Waals surface area contributed by atoms with Crippen LogP contribution in [-0.2, 0) is 9.59 Å². The molecule has 6 nitrogen and oxygen atoms in total. The van der Waals surface area contributed by atoms with Gasteiger partial charge in [0.25, 0.3) is 5.91 Å². The molecule has 0 aromatic heterocycles. The Labute approximate surface area is 185 Å². The average molecular weight is 426 g/mol. The molecular formula is C25H35N3O3. The van der Waals surface area contributed by atoms with Crippen LogP contribution in [0.3, 0.4) is 0 Å². The summed E-state index contributed by atoms with van der Waals surface area (Å²) in [6.07, 6.45) is 1.71. The molecular weight excluding hydrogens is 390 g/mol. The molecule has 4 N–H and O–H groups in total. The highest BCUT2D eigenvalue weighted by Gasteiger charge is 2.25. The van der Waals surface area contributed by atoms with Crippen LogP contribution in [0, 0.1) is 11.8 Å². The number of nitrogens with one attached hydrogen (secondary N) is 2. The summed E-state index contributed by atoms with van der Waals surface area (Å²) < 4.78 is 0. The number of benzene rings is 2. The van der Waals surface area contributed by atoms with Crippen molar-refractivity contribution in [1.82, 2.24) is 10.6 Å². The van der Waals surface area contributed by atoms with Gasteiger partial charge in [-0.25, -0.2) is 0 Å². The second kappa shape index (κ2) is 10.9. The van der Waals surface area contributed by atoms with Crippen molar-refractivity contribution < 1.29 is 14.4 Å². The zero-order valence-electron chi connectivity index (χ0n) is 19.2. The molecule has 0 aliphatic carbocycles. The first-order valence-electron chi connectivity index (χ1n) is 11.0. The van der Waals surface area contributed by atoms with Crippen molar-refractivity contribution >= 4 is 28.5 Å². The van der Waals surface area contributed by atoms with Crippen molar-refractivity contribution in [3.63, 3.8) is 0 Å². The van der Waals surface area contributed by atoms with Crippen LogP contribution < -0.4 is 16.4 Å². The number of nitrogens with two attached hydrogens (primary N) is 1. The zero-order valence-corrected chi connectivity index (χ0v) is 19.2. The Hall–Kier alpha value is -2.89. The zero-order chi connectivity index (χ0) is 23.1. The Morgan fingerprint density at radius 1 is 0.903 bits per heavy atom. The Balaban J connectivity index is 2.39. The number of fused-ring (bicyclic) bond motifs is 1. The van der Waals surface area contributed by atoms with Gasteiger partial charge < -0.3 is 16.4 Å². The minimum absolute atomic E-state index is 0.0458. The number of carbonyl (C=O) groups excluding carboxylic acids is 3. The lowest BCUT2D eigenvalue weighted by Gasteiger charge is -2.22. The van der Waals surface area contributed by atoms with Gasteiger partial charge in [0, 0.05) is 6.42 Å². The minimum atomic E-state index is -0.754. The minimum Gasteiger partial charge on any atom is -0.368 e. The molecule has 2 rings (SSSR count). The highest BCUT2D eigenvalue weighted by molar-refractivity contribution is 6.09. The maximum atomic E-state index is 13.3. The topological polar surface area (TPSA) is 101 Å². The Morgan fingerprint density at radius 2 is 1.58 bits per heavy atom. The first-order chi connectivity index (χ1) is 14.6. The van der Waals surface area contributed by atoms with Gasteiger partial charge >= 0.3 is 0 Å². The van der Waals surface area contributed by atoms with Gasteiger partial charge in [0.2, 0.25) is 11.8 Å². The van der Waals surface area contributed by atoms with Gasteiger partial charge in [0.05, 0.1) is 11.6 Å². The van der Waals surface area contributed by atoms with Gasteiger partial charge in [0.1, 0.15) is 6.04 Å². The molecule has 168 valence electrons. The van der Waals surface area contributed by atoms with Crippen molar-refractivity contribution in [2.24, 2.45) is 17.6 Å². The number of hydrogen-bond donors (Lipinski definition) is 3. The van der Waals surface area contributed by atoms with E-state index in [9.17, 15) is 14.4 Å². The molecule has 0 aliphatic heterocycles. The Bertz CT molecular complexity index is 937. The van der Waals surface area contributed by atoms with E-state index in [4.69, 9.17) is 5.73 Å². The number of hydrogen-bond acceptors (Lipinski definition) is 3. The summed E-state index contributed by atoms with van der Waals surface area (Å²) in [7, 11) is 0. The van der Waals surface area contributed by atoms with Gasteiger partial charge in [-0.3, -0.25) is 14.4 Å². The molecule has 2 aromatic rings. The molecule has 0 spiro atoms. The summed E-state index contributed by atoms with van der Waals surface area (Å²) in [5.41, 5.74) is 6.71. The fourth-order valence-electron chi connectivity index (χ4n) is 3.66. The molecule has 0 unspecified atom stereocenters. The van der Waals surface area contributed by atoms with Crippen molar-refractivity contribution in [2.45, 2.75) is 66.0 Å². The molecule has 0 saturated heterocycles. The maximum Gasteiger partial charge on any atom is 0.252 e. The lowest BCUT2D eigenvalue weighted by Crippen LogP contribution is -2.45. The molecule has 0 saturated carbocycles. The van der Waals surface area contributed by atoms with E-state index >= 15 is 0 Å². The van der Waals surface area contributed by atoms with E-state index in [0.29, 0.717) is 29.9 Å². The molecule has 3 amide bonds. The lowest BCUT2D eigenvalue weighted by atomic mass is 9.93. The van der Waals surface area contributed by atoms with Crippen molar-refractivity contribution in [2.75, 3.05) is 0 Å². The maximum absolute atomic E-state index is 13.3. The van der Waals surface area contributed by atoms with E-state index in [-0.39, 0.29) is 23.8 Å². The third kappa shape index (κ3) is 6.81. The number of rotatable bonds is 10. The van der Waals surface area contributed by atoms with Crippen LogP contribution in [0.5, 0.6) is 0 Å². The SMILES string of the molecule is CC(C)CCC(=O)N[C@@H](C)c1ccc2ccccc2c1C(=O)N[C@@H](CC(C)C)C(N)=O. The van der Waals surface area contributed by atoms with E-state index < -0.39 is 11.9 Å². The third-order valence-electron chi connectivity index (χ3n) is 5.34. The number of amides is 3. The van der Waals surface area contributed by atoms with Gasteiger partial charge in [-0.15, -0.1) is 0 Å². The summed E-state index contributed by atoms with van der Waals surface area (Å²) in [5, 5.41) is 7.51. The van der Waals surface area contributed by atoms with Crippen molar-refractivity contribution in [1.29, 1.82) is 0 Å². The molecule has 0 heterocycles. The molecule has 0 fully saturated rings. The van der Waals surface area contributed by atoms with Crippen LogP contribution in [0.4, 0.5) is 0 Å². The lowest BCUT2D eigenvalue weighted by molar-refractivity contribution is -0.122. The summed E-state index contributed by atoms with van der Waals surface area (Å²) in [5.74, 6) is -0.326. The average Bonchev–Trinajstić information content (AvgIpc) is 2.70. The third-order valence-corrected chi connectivity index (χ3v) is 5.34. The van der Waals surface area contributed by atoms with Gasteiger partial charge in [0.15, 0.2) is 0 Å². The molecule has 0 bridgehead atoms. The molecule has 0 radical (unpaired) electrons. The van der Waals surface area contributed by atoms with E-state index in [1.165, 1.54) is 0 Å². The van der Waals surface area contributed by atoms with E-state index in [0.717, 1.165) is 17.2 Å². The van der Waals surface area contributed by atoms with Crippen LogP contribution in [-0.4, -0.2) is 23.8 Å². The normalized spacial score (nSPS) is 13.3. The first kappa shape index (κ1) is 24.4. The molecule has 0 aliphatic rings. The van der Waals surface area contributed by atoms with E-state index in [1.54, 1.807) is 0 Å². The summed E-state index contributed by atoms with van der Waals surface area (Å²) in [6, 6.07) is 10.3. The van der Waals surface area contributed by atoms with E-state index in [1.807, 2.05) is 57.2 Å². The second-order valence-corrected chi connectivity index (χ2v) is 9.03. The monoisotopic (exact) mass is 425 g/mol.